The van der Waals surface area contributed by atoms with Crippen molar-refractivity contribution in [3.8, 4) is 5.75 Å². The summed E-state index contributed by atoms with van der Waals surface area (Å²) in [5.41, 5.74) is 3.09. The fourth-order valence-corrected chi connectivity index (χ4v) is 5.14. The summed E-state index contributed by atoms with van der Waals surface area (Å²) in [6.07, 6.45) is 1.58. The number of anilines is 2. The number of ether oxygens (including phenoxy) is 1. The molecular weight excluding hydrogens is 457 g/mol. The summed E-state index contributed by atoms with van der Waals surface area (Å²) >= 11 is 12.3. The van der Waals surface area contributed by atoms with E-state index >= 15 is 0 Å². The summed E-state index contributed by atoms with van der Waals surface area (Å²) < 4.78 is 5.32. The lowest BCUT2D eigenvalue weighted by molar-refractivity contribution is 0.0904. The number of benzene rings is 3. The summed E-state index contributed by atoms with van der Waals surface area (Å²) in [4.78, 5) is 18.0. The monoisotopic (exact) mass is 481 g/mol. The van der Waals surface area contributed by atoms with Gasteiger partial charge < -0.3 is 10.1 Å². The maximum Gasteiger partial charge on any atom is 0.262 e. The van der Waals surface area contributed by atoms with Crippen LogP contribution in [0.25, 0.3) is 0 Å². The third kappa shape index (κ3) is 4.17. The minimum absolute atomic E-state index is 0.0208. The van der Waals surface area contributed by atoms with E-state index in [9.17, 15) is 4.79 Å². The number of amides is 1. The molecule has 1 fully saturated rings. The van der Waals surface area contributed by atoms with E-state index in [0.29, 0.717) is 15.6 Å². The molecule has 5 rings (SSSR count). The number of para-hydroxylation sites is 1. The second-order valence-electron chi connectivity index (χ2n) is 8.57. The molecule has 0 aromatic heterocycles. The predicted octanol–water partition coefficient (Wildman–Crippen LogP) is 6.07. The molecular formula is C26H25Cl2N3O2. The number of carbonyl (C=O) groups excluding carboxylic acids is 1. The van der Waals surface area contributed by atoms with E-state index in [1.165, 1.54) is 0 Å². The van der Waals surface area contributed by atoms with Crippen molar-refractivity contribution in [3.05, 3.63) is 87.9 Å². The van der Waals surface area contributed by atoms with Gasteiger partial charge in [-0.25, -0.2) is 0 Å². The largest absolute Gasteiger partial charge is 0.497 e. The standard InChI is InChI=1S/C26H25Cl2N3O2/c1-33-20-9-7-19(8-10-20)31-25(32)21-4-2-3-5-24(21)29-26(31)12-14-30(15-13-26)17-18-6-11-22(27)23(28)16-18/h2-11,16,29H,12-15,17H2,1H3. The number of likely N-dealkylation sites (tertiary alicyclic amines) is 1. The zero-order chi connectivity index (χ0) is 23.0. The zero-order valence-corrected chi connectivity index (χ0v) is 19.9. The molecule has 1 spiro atoms. The zero-order valence-electron chi connectivity index (χ0n) is 18.4. The number of nitrogens with zero attached hydrogens (tertiary/aromatic N) is 2. The molecule has 2 heterocycles. The smallest absolute Gasteiger partial charge is 0.262 e. The van der Waals surface area contributed by atoms with Crippen molar-refractivity contribution in [2.45, 2.75) is 25.0 Å². The molecule has 0 bridgehead atoms. The first kappa shape index (κ1) is 22.1. The van der Waals surface area contributed by atoms with Crippen LogP contribution < -0.4 is 15.0 Å². The first-order valence-electron chi connectivity index (χ1n) is 11.0. The number of hydrogen-bond donors (Lipinski definition) is 1. The second-order valence-corrected chi connectivity index (χ2v) is 9.38. The highest BCUT2D eigenvalue weighted by atomic mass is 35.5. The van der Waals surface area contributed by atoms with E-state index in [4.69, 9.17) is 27.9 Å². The Morgan fingerprint density at radius 1 is 0.970 bits per heavy atom. The fourth-order valence-electron chi connectivity index (χ4n) is 4.82. The van der Waals surface area contributed by atoms with Gasteiger partial charge in [0.05, 0.1) is 22.7 Å². The molecule has 3 aromatic carbocycles. The molecule has 0 atom stereocenters. The van der Waals surface area contributed by atoms with Crippen molar-refractivity contribution in [2.24, 2.45) is 0 Å². The topological polar surface area (TPSA) is 44.8 Å². The van der Waals surface area contributed by atoms with Gasteiger partial charge in [0.15, 0.2) is 0 Å². The van der Waals surface area contributed by atoms with Crippen molar-refractivity contribution >= 4 is 40.5 Å². The van der Waals surface area contributed by atoms with Crippen molar-refractivity contribution in [2.75, 3.05) is 30.4 Å². The Morgan fingerprint density at radius 2 is 1.70 bits per heavy atom. The van der Waals surface area contributed by atoms with Crippen molar-refractivity contribution in [1.82, 2.24) is 4.90 Å². The SMILES string of the molecule is COc1ccc(N2C(=O)c3ccccc3NC23CCN(Cc2ccc(Cl)c(Cl)c2)CC3)cc1. The average Bonchev–Trinajstić information content (AvgIpc) is 2.83. The Hall–Kier alpha value is -2.73. The van der Waals surface area contributed by atoms with Gasteiger partial charge in [0, 0.05) is 43.9 Å². The van der Waals surface area contributed by atoms with E-state index in [2.05, 4.69) is 10.2 Å². The van der Waals surface area contributed by atoms with Crippen LogP contribution in [0.4, 0.5) is 11.4 Å². The molecule has 2 aliphatic heterocycles. The maximum atomic E-state index is 13.7. The van der Waals surface area contributed by atoms with E-state index < -0.39 is 5.66 Å². The van der Waals surface area contributed by atoms with Gasteiger partial charge in [0.1, 0.15) is 11.4 Å². The van der Waals surface area contributed by atoms with Gasteiger partial charge in [-0.15, -0.1) is 0 Å². The second kappa shape index (κ2) is 8.90. The average molecular weight is 482 g/mol. The molecule has 1 saturated heterocycles. The van der Waals surface area contributed by atoms with Gasteiger partial charge in [-0.3, -0.25) is 14.6 Å². The molecule has 0 radical (unpaired) electrons. The molecule has 3 aromatic rings. The van der Waals surface area contributed by atoms with Crippen molar-refractivity contribution < 1.29 is 9.53 Å². The quantitative estimate of drug-likeness (QED) is 0.491. The van der Waals surface area contributed by atoms with Crippen LogP contribution in [0.15, 0.2) is 66.7 Å². The van der Waals surface area contributed by atoms with Crippen LogP contribution in [0.2, 0.25) is 10.0 Å². The minimum atomic E-state index is -0.492. The van der Waals surface area contributed by atoms with Crippen molar-refractivity contribution in [1.29, 1.82) is 0 Å². The predicted molar refractivity (Wildman–Crippen MR) is 134 cm³/mol. The van der Waals surface area contributed by atoms with Gasteiger partial charge in [0.25, 0.3) is 5.91 Å². The van der Waals surface area contributed by atoms with Crippen LogP contribution in [-0.4, -0.2) is 36.7 Å². The van der Waals surface area contributed by atoms with Gasteiger partial charge in [0.2, 0.25) is 0 Å². The summed E-state index contributed by atoms with van der Waals surface area (Å²) in [5, 5.41) is 4.87. The van der Waals surface area contributed by atoms with E-state index in [1.807, 2.05) is 71.6 Å². The molecule has 0 unspecified atom stereocenters. The molecule has 33 heavy (non-hydrogen) atoms. The normalized spacial score (nSPS) is 17.5. The van der Waals surface area contributed by atoms with E-state index in [-0.39, 0.29) is 5.91 Å². The van der Waals surface area contributed by atoms with E-state index in [1.54, 1.807) is 7.11 Å². The molecule has 0 aliphatic carbocycles. The van der Waals surface area contributed by atoms with Gasteiger partial charge in [-0.1, -0.05) is 41.4 Å². The van der Waals surface area contributed by atoms with Gasteiger partial charge in [-0.2, -0.15) is 0 Å². The maximum absolute atomic E-state index is 13.7. The number of hydrogen-bond acceptors (Lipinski definition) is 4. The fraction of sp³-hybridized carbons (Fsp3) is 0.269. The van der Waals surface area contributed by atoms with Crippen LogP contribution in [0.5, 0.6) is 5.75 Å². The highest BCUT2D eigenvalue weighted by Gasteiger charge is 2.47. The molecule has 0 saturated carbocycles. The van der Waals surface area contributed by atoms with Crippen molar-refractivity contribution in [3.63, 3.8) is 0 Å². The van der Waals surface area contributed by atoms with Crippen LogP contribution in [0.1, 0.15) is 28.8 Å². The van der Waals surface area contributed by atoms with E-state index in [0.717, 1.165) is 55.2 Å². The first-order valence-corrected chi connectivity index (χ1v) is 11.8. The summed E-state index contributed by atoms with van der Waals surface area (Å²) in [5.74, 6) is 0.787. The van der Waals surface area contributed by atoms with Crippen LogP contribution in [-0.2, 0) is 6.54 Å². The Morgan fingerprint density at radius 3 is 2.39 bits per heavy atom. The van der Waals surface area contributed by atoms with Gasteiger partial charge >= 0.3 is 0 Å². The Labute approximate surface area is 203 Å². The number of piperidine rings is 1. The number of carbonyl (C=O) groups is 1. The summed E-state index contributed by atoms with van der Waals surface area (Å²) in [7, 11) is 1.64. The summed E-state index contributed by atoms with van der Waals surface area (Å²) in [6, 6.07) is 21.2. The third-order valence-electron chi connectivity index (χ3n) is 6.56. The molecule has 2 aliphatic rings. The van der Waals surface area contributed by atoms with Crippen LogP contribution >= 0.6 is 23.2 Å². The molecule has 170 valence electrons. The Balaban J connectivity index is 1.43. The first-order chi connectivity index (χ1) is 16.0. The Kier molecular flexibility index (Phi) is 5.95. The third-order valence-corrected chi connectivity index (χ3v) is 7.30. The molecule has 5 nitrogen and oxygen atoms in total. The van der Waals surface area contributed by atoms with Gasteiger partial charge in [-0.05, 0) is 54.1 Å². The highest BCUT2D eigenvalue weighted by Crippen LogP contribution is 2.41. The summed E-state index contributed by atoms with van der Waals surface area (Å²) in [6.45, 7) is 2.48. The molecule has 1 N–H and O–H groups in total. The number of rotatable bonds is 4. The van der Waals surface area contributed by atoms with Crippen LogP contribution in [0, 0.1) is 0 Å². The lowest BCUT2D eigenvalue weighted by Gasteiger charge is -2.52. The lowest BCUT2D eigenvalue weighted by Crippen LogP contribution is -2.64. The highest BCUT2D eigenvalue weighted by molar-refractivity contribution is 6.42. The number of methoxy groups -OCH3 is 1. The number of halogens is 2. The molecule has 1 amide bonds. The molecule has 7 heteroatoms. The Bertz CT molecular complexity index is 1170. The van der Waals surface area contributed by atoms with Crippen LogP contribution in [0.3, 0.4) is 0 Å². The number of nitrogens with one attached hydrogen (secondary N) is 1. The lowest BCUT2D eigenvalue weighted by atomic mass is 9.89. The minimum Gasteiger partial charge on any atom is -0.497 e. The number of fused-ring (bicyclic) bond motifs is 1.